The number of benzene rings is 1. The van der Waals surface area contributed by atoms with E-state index in [1.807, 2.05) is 18.7 Å². The van der Waals surface area contributed by atoms with E-state index in [0.29, 0.717) is 32.2 Å². The van der Waals surface area contributed by atoms with Crippen LogP contribution in [0.2, 0.25) is 5.02 Å². The number of piperidine rings is 1. The van der Waals surface area contributed by atoms with Gasteiger partial charge < -0.3 is 9.80 Å². The first-order valence-corrected chi connectivity index (χ1v) is 12.1. The summed E-state index contributed by atoms with van der Waals surface area (Å²) in [6, 6.07) is 3.65. The molecule has 0 atom stereocenters. The summed E-state index contributed by atoms with van der Waals surface area (Å²) in [5.41, 5.74) is 1.74. The lowest BCUT2D eigenvalue weighted by Gasteiger charge is -2.38. The van der Waals surface area contributed by atoms with Gasteiger partial charge in [-0.25, -0.2) is 9.37 Å². The number of hydrogen-bond acceptors (Lipinski definition) is 4. The van der Waals surface area contributed by atoms with Gasteiger partial charge in [-0.3, -0.25) is 4.79 Å². The fraction of sp³-hybridized carbons (Fsp3) is 0.565. The minimum absolute atomic E-state index is 0.00903. The quantitative estimate of drug-likeness (QED) is 0.603. The smallest absolute Gasteiger partial charge is 0.265 e. The number of thiazole rings is 1. The van der Waals surface area contributed by atoms with Crippen molar-refractivity contribution in [1.82, 2.24) is 14.8 Å². The minimum Gasteiger partial charge on any atom is -0.338 e. The van der Waals surface area contributed by atoms with Crippen LogP contribution in [0.5, 0.6) is 0 Å². The largest absolute Gasteiger partial charge is 0.338 e. The zero-order chi connectivity index (χ0) is 21.3. The molecule has 2 fully saturated rings. The molecule has 0 bridgehead atoms. The van der Waals surface area contributed by atoms with E-state index in [0.717, 1.165) is 31.5 Å². The van der Waals surface area contributed by atoms with E-state index in [1.165, 1.54) is 56.2 Å². The summed E-state index contributed by atoms with van der Waals surface area (Å²) >= 11 is 7.60. The van der Waals surface area contributed by atoms with Crippen LogP contribution < -0.4 is 0 Å². The van der Waals surface area contributed by atoms with Gasteiger partial charge in [0.05, 0.1) is 16.3 Å². The Kier molecular flexibility index (Phi) is 6.75. The zero-order valence-electron chi connectivity index (χ0n) is 17.7. The third kappa shape index (κ3) is 4.41. The van der Waals surface area contributed by atoms with Crippen LogP contribution in [-0.4, -0.2) is 52.9 Å². The fourth-order valence-electron chi connectivity index (χ4n) is 4.59. The first kappa shape index (κ1) is 21.7. The second-order valence-corrected chi connectivity index (χ2v) is 9.84. The van der Waals surface area contributed by atoms with Crippen molar-refractivity contribution < 1.29 is 9.18 Å². The number of likely N-dealkylation sites (tertiary alicyclic amines) is 2. The molecule has 0 spiro atoms. The third-order valence-electron chi connectivity index (χ3n) is 6.40. The van der Waals surface area contributed by atoms with Crippen LogP contribution in [-0.2, 0) is 0 Å². The predicted octanol–water partition coefficient (Wildman–Crippen LogP) is 5.70. The maximum atomic E-state index is 14.4. The number of aromatic nitrogens is 1. The normalized spacial score (nSPS) is 19.1. The molecular weight excluding hydrogens is 421 g/mol. The Morgan fingerprint density at radius 1 is 1.10 bits per heavy atom. The molecule has 1 aromatic heterocycles. The zero-order valence-corrected chi connectivity index (χ0v) is 19.3. The molecule has 2 aliphatic heterocycles. The summed E-state index contributed by atoms with van der Waals surface area (Å²) in [6.45, 7) is 7.58. The fourth-order valence-corrected chi connectivity index (χ4v) is 5.98. The van der Waals surface area contributed by atoms with Crippen molar-refractivity contribution in [3.05, 3.63) is 39.1 Å². The van der Waals surface area contributed by atoms with E-state index in [-0.39, 0.29) is 5.91 Å². The van der Waals surface area contributed by atoms with Crippen LogP contribution in [0.4, 0.5) is 4.39 Å². The van der Waals surface area contributed by atoms with E-state index >= 15 is 0 Å². The average molecular weight is 450 g/mol. The van der Waals surface area contributed by atoms with Gasteiger partial charge in [0.25, 0.3) is 5.91 Å². The second kappa shape index (κ2) is 9.33. The van der Waals surface area contributed by atoms with Gasteiger partial charge in [-0.05, 0) is 64.3 Å². The van der Waals surface area contributed by atoms with Crippen molar-refractivity contribution in [2.75, 3.05) is 26.2 Å². The number of rotatable bonds is 3. The van der Waals surface area contributed by atoms with E-state index in [4.69, 9.17) is 11.6 Å². The summed E-state index contributed by atoms with van der Waals surface area (Å²) in [7, 11) is 0. The molecule has 7 heteroatoms. The van der Waals surface area contributed by atoms with E-state index in [2.05, 4.69) is 9.88 Å². The maximum Gasteiger partial charge on any atom is 0.265 e. The first-order chi connectivity index (χ1) is 14.5. The molecule has 4 nitrogen and oxygen atoms in total. The van der Waals surface area contributed by atoms with Crippen LogP contribution in [0, 0.1) is 19.7 Å². The molecule has 2 aromatic rings. The Morgan fingerprint density at radius 3 is 2.43 bits per heavy atom. The molecule has 0 unspecified atom stereocenters. The molecule has 0 aliphatic carbocycles. The van der Waals surface area contributed by atoms with E-state index in [1.54, 1.807) is 6.07 Å². The molecule has 2 aliphatic rings. The average Bonchev–Trinajstić information content (AvgIpc) is 2.94. The monoisotopic (exact) mass is 449 g/mol. The topological polar surface area (TPSA) is 36.4 Å². The van der Waals surface area contributed by atoms with Crippen molar-refractivity contribution in [1.29, 1.82) is 0 Å². The Bertz CT molecular complexity index is 915. The van der Waals surface area contributed by atoms with Gasteiger partial charge in [0.15, 0.2) is 0 Å². The number of nitrogens with zero attached hydrogens (tertiary/aromatic N) is 3. The van der Waals surface area contributed by atoms with Gasteiger partial charge >= 0.3 is 0 Å². The predicted molar refractivity (Wildman–Crippen MR) is 121 cm³/mol. The van der Waals surface area contributed by atoms with Gasteiger partial charge in [0.2, 0.25) is 0 Å². The molecule has 0 radical (unpaired) electrons. The summed E-state index contributed by atoms with van der Waals surface area (Å²) < 4.78 is 14.4. The van der Waals surface area contributed by atoms with Crippen molar-refractivity contribution in [3.63, 3.8) is 0 Å². The lowest BCUT2D eigenvalue weighted by Crippen LogP contribution is -2.47. The molecule has 0 N–H and O–H groups in total. The number of hydrogen-bond donors (Lipinski definition) is 0. The standard InChI is InChI=1S/C23H29ClFN3OS/c1-15-7-8-18(25)19(20(15)24)22-26-16(2)21(30-22)23(29)28-13-9-17(10-14-28)27-11-5-3-4-6-12-27/h7-8,17H,3-6,9-14H2,1-2H3. The summed E-state index contributed by atoms with van der Waals surface area (Å²) in [6.07, 6.45) is 7.31. The maximum absolute atomic E-state index is 14.4. The number of carbonyl (C=O) groups is 1. The van der Waals surface area contributed by atoms with Gasteiger partial charge in [-0.15, -0.1) is 11.3 Å². The molecule has 162 valence electrons. The Labute approximate surface area is 187 Å². The van der Waals surface area contributed by atoms with Crippen LogP contribution in [0.3, 0.4) is 0 Å². The summed E-state index contributed by atoms with van der Waals surface area (Å²) in [4.78, 5) is 22.9. The Morgan fingerprint density at radius 2 is 1.77 bits per heavy atom. The lowest BCUT2D eigenvalue weighted by atomic mass is 10.0. The highest BCUT2D eigenvalue weighted by Crippen LogP contribution is 2.37. The number of aryl methyl sites for hydroxylation is 2. The Hall–Kier alpha value is -1.50. The molecule has 1 aromatic carbocycles. The molecule has 0 saturated carbocycles. The highest BCUT2D eigenvalue weighted by Gasteiger charge is 2.30. The molecule has 4 rings (SSSR count). The van der Waals surface area contributed by atoms with Gasteiger partial charge in [-0.2, -0.15) is 0 Å². The first-order valence-electron chi connectivity index (χ1n) is 10.9. The van der Waals surface area contributed by atoms with Gasteiger partial charge in [0.1, 0.15) is 15.7 Å². The Balaban J connectivity index is 1.47. The molecule has 1 amide bonds. The highest BCUT2D eigenvalue weighted by atomic mass is 35.5. The van der Waals surface area contributed by atoms with Crippen LogP contribution >= 0.6 is 22.9 Å². The molecule has 30 heavy (non-hydrogen) atoms. The SMILES string of the molecule is Cc1ccc(F)c(-c2nc(C)c(C(=O)N3CCC(N4CCCCCC4)CC3)s2)c1Cl. The van der Waals surface area contributed by atoms with Crippen molar-refractivity contribution >= 4 is 28.8 Å². The van der Waals surface area contributed by atoms with Crippen LogP contribution in [0.1, 0.15) is 59.5 Å². The van der Waals surface area contributed by atoms with Crippen molar-refractivity contribution in [2.24, 2.45) is 0 Å². The second-order valence-electron chi connectivity index (χ2n) is 8.46. The van der Waals surface area contributed by atoms with E-state index in [9.17, 15) is 9.18 Å². The third-order valence-corrected chi connectivity index (χ3v) is 8.05. The summed E-state index contributed by atoms with van der Waals surface area (Å²) in [5.74, 6) is -0.397. The van der Waals surface area contributed by atoms with Crippen LogP contribution in [0.15, 0.2) is 12.1 Å². The lowest BCUT2D eigenvalue weighted by molar-refractivity contribution is 0.0626. The molecule has 3 heterocycles. The molecular formula is C23H29ClFN3OS. The highest BCUT2D eigenvalue weighted by molar-refractivity contribution is 7.17. The van der Waals surface area contributed by atoms with Crippen molar-refractivity contribution in [3.8, 4) is 10.6 Å². The van der Waals surface area contributed by atoms with Gasteiger partial charge in [0, 0.05) is 19.1 Å². The van der Waals surface area contributed by atoms with E-state index < -0.39 is 5.82 Å². The number of carbonyl (C=O) groups excluding carboxylic acids is 1. The summed E-state index contributed by atoms with van der Waals surface area (Å²) in [5, 5.41) is 0.836. The number of amides is 1. The minimum atomic E-state index is -0.406. The van der Waals surface area contributed by atoms with Gasteiger partial charge in [-0.1, -0.05) is 30.5 Å². The van der Waals surface area contributed by atoms with Crippen molar-refractivity contribution in [2.45, 2.75) is 58.4 Å². The van der Waals surface area contributed by atoms with Crippen LogP contribution in [0.25, 0.3) is 10.6 Å². The number of halogens is 2. The molecule has 2 saturated heterocycles.